The van der Waals surface area contributed by atoms with Crippen molar-refractivity contribution in [2.75, 3.05) is 11.9 Å². The lowest BCUT2D eigenvalue weighted by Crippen LogP contribution is -2.15. The zero-order chi connectivity index (χ0) is 28.2. The molecule has 4 rings (SSSR count). The van der Waals surface area contributed by atoms with E-state index in [0.717, 1.165) is 25.0 Å². The number of hydrogen-bond donors (Lipinski definition) is 1. The van der Waals surface area contributed by atoms with Gasteiger partial charge in [0.05, 0.1) is 23.7 Å². The number of hydrogen-bond acceptors (Lipinski definition) is 6. The van der Waals surface area contributed by atoms with Gasteiger partial charge in [0.15, 0.2) is 17.4 Å². The molecular formula is C28H26F5N5O. The molecule has 0 unspecified atom stereocenters. The highest BCUT2D eigenvalue weighted by Gasteiger charge is 2.35. The highest BCUT2D eigenvalue weighted by atomic mass is 19.4. The summed E-state index contributed by atoms with van der Waals surface area (Å²) in [6, 6.07) is 9.23. The molecule has 204 valence electrons. The first kappa shape index (κ1) is 27.7. The Kier molecular flexibility index (Phi) is 8.27. The Balaban J connectivity index is 1.55. The third-order valence-corrected chi connectivity index (χ3v) is 5.93. The van der Waals surface area contributed by atoms with Gasteiger partial charge in [0, 0.05) is 40.7 Å². The van der Waals surface area contributed by atoms with E-state index in [-0.39, 0.29) is 34.8 Å². The highest BCUT2D eigenvalue weighted by molar-refractivity contribution is 6.00. The Hall–Kier alpha value is -4.28. The summed E-state index contributed by atoms with van der Waals surface area (Å²) in [5.41, 5.74) is 0.476. The summed E-state index contributed by atoms with van der Waals surface area (Å²) in [6.45, 7) is 8.00. The van der Waals surface area contributed by atoms with Crippen molar-refractivity contribution in [2.45, 2.75) is 39.4 Å². The van der Waals surface area contributed by atoms with Gasteiger partial charge in [0.25, 0.3) is 0 Å². The Morgan fingerprint density at radius 3 is 2.69 bits per heavy atom. The molecule has 11 heteroatoms. The van der Waals surface area contributed by atoms with Gasteiger partial charge < -0.3 is 9.84 Å². The number of nitrogens with zero attached hydrogens (tertiary/aromatic N) is 4. The second kappa shape index (κ2) is 11.6. The molecule has 39 heavy (non-hydrogen) atoms. The van der Waals surface area contributed by atoms with Crippen molar-refractivity contribution in [3.8, 4) is 11.3 Å². The summed E-state index contributed by atoms with van der Waals surface area (Å²) in [7, 11) is 0. The minimum absolute atomic E-state index is 0.00434. The summed E-state index contributed by atoms with van der Waals surface area (Å²) < 4.78 is 74.7. The molecule has 1 aliphatic rings. The molecule has 0 atom stereocenters. The van der Waals surface area contributed by atoms with Crippen LogP contribution >= 0.6 is 0 Å². The molecule has 0 radical (unpaired) electrons. The fourth-order valence-corrected chi connectivity index (χ4v) is 3.87. The molecule has 3 aromatic rings. The van der Waals surface area contributed by atoms with Crippen LogP contribution in [0, 0.1) is 11.6 Å². The second-order valence-corrected chi connectivity index (χ2v) is 8.90. The maximum atomic E-state index is 14.2. The summed E-state index contributed by atoms with van der Waals surface area (Å²) in [6.07, 6.45) is 0.108. The first-order valence-corrected chi connectivity index (χ1v) is 12.2. The largest absolute Gasteiger partial charge is 0.417 e. The van der Waals surface area contributed by atoms with Crippen LogP contribution in [0.3, 0.4) is 0 Å². The first-order valence-electron chi connectivity index (χ1n) is 12.2. The zero-order valence-electron chi connectivity index (χ0n) is 21.3. The van der Waals surface area contributed by atoms with E-state index in [1.54, 1.807) is 6.07 Å². The second-order valence-electron chi connectivity index (χ2n) is 8.90. The average molecular weight is 544 g/mol. The van der Waals surface area contributed by atoms with Crippen molar-refractivity contribution in [3.05, 3.63) is 95.0 Å². The Morgan fingerprint density at radius 2 is 1.95 bits per heavy atom. The summed E-state index contributed by atoms with van der Waals surface area (Å²) in [5.74, 6) is -1.75. The predicted octanol–water partition coefficient (Wildman–Crippen LogP) is 7.56. The van der Waals surface area contributed by atoms with Crippen molar-refractivity contribution in [2.24, 2.45) is 10.1 Å². The molecule has 0 spiro atoms. The van der Waals surface area contributed by atoms with Crippen LogP contribution in [-0.2, 0) is 12.7 Å². The van der Waals surface area contributed by atoms with Crippen molar-refractivity contribution < 1.29 is 26.5 Å². The molecule has 2 aromatic carbocycles. The van der Waals surface area contributed by atoms with E-state index in [1.807, 2.05) is 6.92 Å². The number of alkyl halides is 3. The number of rotatable bonds is 9. The maximum Gasteiger partial charge on any atom is 0.417 e. The van der Waals surface area contributed by atoms with Gasteiger partial charge in [-0.05, 0) is 37.6 Å². The number of halogens is 5. The van der Waals surface area contributed by atoms with Gasteiger partial charge in [-0.2, -0.15) is 18.3 Å². The summed E-state index contributed by atoms with van der Waals surface area (Å²) in [5, 5.41) is 12.5. The zero-order valence-corrected chi connectivity index (χ0v) is 21.3. The van der Waals surface area contributed by atoms with E-state index in [9.17, 15) is 22.0 Å². The monoisotopic (exact) mass is 543 g/mol. The first-order chi connectivity index (χ1) is 18.6. The van der Waals surface area contributed by atoms with Gasteiger partial charge >= 0.3 is 6.18 Å². The van der Waals surface area contributed by atoms with Crippen LogP contribution in [-0.4, -0.2) is 28.6 Å². The maximum absolute atomic E-state index is 14.2. The fourth-order valence-electron chi connectivity index (χ4n) is 3.87. The number of allylic oxidation sites excluding steroid dienone is 1. The van der Waals surface area contributed by atoms with Crippen LogP contribution in [0.25, 0.3) is 11.3 Å². The smallest absolute Gasteiger partial charge is 0.385 e. The van der Waals surface area contributed by atoms with E-state index in [0.29, 0.717) is 23.5 Å². The number of unbranched alkanes of at least 4 members (excludes halogenated alkanes) is 1. The number of hydrazone groups is 1. The molecule has 0 saturated carbocycles. The van der Waals surface area contributed by atoms with Gasteiger partial charge in [-0.1, -0.05) is 37.2 Å². The molecular weight excluding hydrogens is 517 g/mol. The normalized spacial score (nSPS) is 14.1. The van der Waals surface area contributed by atoms with Gasteiger partial charge in [-0.25, -0.2) is 8.78 Å². The molecule has 2 heterocycles. The van der Waals surface area contributed by atoms with Crippen molar-refractivity contribution >= 4 is 17.6 Å². The third-order valence-electron chi connectivity index (χ3n) is 5.93. The van der Waals surface area contributed by atoms with E-state index < -0.39 is 23.4 Å². The molecule has 6 nitrogen and oxygen atoms in total. The number of benzene rings is 2. The number of aromatic nitrogens is 1. The quantitative estimate of drug-likeness (QED) is 0.172. The molecule has 0 bridgehead atoms. The SMILES string of the molecule is C=C1C=NN(Cc2cc(-c3ccc(NCCCC)cc3C(F)(F)F)no2)C=C1N=C(C)c1cccc(F)c1F. The van der Waals surface area contributed by atoms with Crippen LogP contribution in [0.5, 0.6) is 0 Å². The lowest BCUT2D eigenvalue weighted by molar-refractivity contribution is -0.137. The third kappa shape index (κ3) is 6.60. The fraction of sp³-hybridized carbons (Fsp3) is 0.250. The van der Waals surface area contributed by atoms with Gasteiger partial charge in [0.2, 0.25) is 0 Å². The molecule has 0 saturated heterocycles. The van der Waals surface area contributed by atoms with E-state index in [4.69, 9.17) is 4.52 Å². The van der Waals surface area contributed by atoms with Gasteiger partial charge in [0.1, 0.15) is 12.2 Å². The van der Waals surface area contributed by atoms with Crippen molar-refractivity contribution in [1.29, 1.82) is 0 Å². The summed E-state index contributed by atoms with van der Waals surface area (Å²) >= 11 is 0. The molecule has 1 aliphatic heterocycles. The van der Waals surface area contributed by atoms with Crippen molar-refractivity contribution in [1.82, 2.24) is 10.2 Å². The van der Waals surface area contributed by atoms with Crippen LogP contribution in [0.15, 0.2) is 81.1 Å². The van der Waals surface area contributed by atoms with Crippen LogP contribution < -0.4 is 5.32 Å². The topological polar surface area (TPSA) is 66.0 Å². The van der Waals surface area contributed by atoms with E-state index in [1.165, 1.54) is 48.6 Å². The number of aliphatic imine (C=N–C) groups is 1. The minimum atomic E-state index is -4.59. The summed E-state index contributed by atoms with van der Waals surface area (Å²) in [4.78, 5) is 4.37. The molecule has 0 aliphatic carbocycles. The van der Waals surface area contributed by atoms with E-state index in [2.05, 4.69) is 27.1 Å². The van der Waals surface area contributed by atoms with Crippen molar-refractivity contribution in [3.63, 3.8) is 0 Å². The number of anilines is 1. The lowest BCUT2D eigenvalue weighted by Gasteiger charge is -2.18. The average Bonchev–Trinajstić information content (AvgIpc) is 3.35. The highest BCUT2D eigenvalue weighted by Crippen LogP contribution is 2.38. The van der Waals surface area contributed by atoms with Crippen LogP contribution in [0.2, 0.25) is 0 Å². The number of nitrogens with one attached hydrogen (secondary N) is 1. The van der Waals surface area contributed by atoms with Gasteiger partial charge in [-0.3, -0.25) is 10.0 Å². The standard InChI is InChI=1S/C28H26F5N5O/c1-4-5-11-34-19-9-10-22(23(12-19)28(31,32)33)25-13-20(39-37-25)15-38-16-26(17(2)14-35-38)36-18(3)21-7-6-8-24(29)27(21)30/h6-10,12-14,16,34H,2,4-5,11,15H2,1,3H3. The molecule has 1 aromatic heterocycles. The van der Waals surface area contributed by atoms with Crippen LogP contribution in [0.4, 0.5) is 27.6 Å². The molecule has 1 N–H and O–H groups in total. The predicted molar refractivity (Wildman–Crippen MR) is 140 cm³/mol. The molecule has 0 fully saturated rings. The Labute approximate surface area is 222 Å². The van der Waals surface area contributed by atoms with Crippen LogP contribution in [0.1, 0.15) is 43.6 Å². The lowest BCUT2D eigenvalue weighted by atomic mass is 10.0. The minimum Gasteiger partial charge on any atom is -0.385 e. The van der Waals surface area contributed by atoms with Gasteiger partial charge in [-0.15, -0.1) is 0 Å². The Bertz CT molecular complexity index is 1450. The van der Waals surface area contributed by atoms with E-state index >= 15 is 0 Å². The Morgan fingerprint density at radius 1 is 1.15 bits per heavy atom. The molecule has 0 amide bonds.